The van der Waals surface area contributed by atoms with E-state index < -0.39 is 34.1 Å². The van der Waals surface area contributed by atoms with Crippen LogP contribution in [0.5, 0.6) is 0 Å². The van der Waals surface area contributed by atoms with Gasteiger partial charge in [0.05, 0.1) is 11.9 Å². The molecule has 0 aliphatic rings. The molecule has 7 nitrogen and oxygen atoms in total. The molecule has 30 heavy (non-hydrogen) atoms. The lowest BCUT2D eigenvalue weighted by Gasteiger charge is -2.21. The molecule has 158 valence electrons. The summed E-state index contributed by atoms with van der Waals surface area (Å²) in [6, 6.07) is 12.3. The standard InChI is InChI=1S/C18H16F2N4O3S3/c1-30(26,27)24(13-7-8-14(19)15(20)9-13)10-16(25)21-17-22-23-18(29-17)28-11-12-5-3-2-4-6-12/h2-9H,10-11H2,1H3,(H,21,22,25). The number of nitrogens with zero attached hydrogens (tertiary/aromatic N) is 3. The van der Waals surface area contributed by atoms with Crippen molar-refractivity contribution in [3.63, 3.8) is 0 Å². The fourth-order valence-corrected chi connectivity index (χ4v) is 4.94. The molecule has 0 spiro atoms. The number of carbonyl (C=O) groups excluding carboxylic acids is 1. The highest BCUT2D eigenvalue weighted by Gasteiger charge is 2.22. The minimum Gasteiger partial charge on any atom is -0.299 e. The van der Waals surface area contributed by atoms with E-state index >= 15 is 0 Å². The number of hydrogen-bond donors (Lipinski definition) is 1. The van der Waals surface area contributed by atoms with Gasteiger partial charge in [0.25, 0.3) is 0 Å². The summed E-state index contributed by atoms with van der Waals surface area (Å²) in [5.41, 5.74) is 0.946. The molecule has 1 N–H and O–H groups in total. The molecule has 0 unspecified atom stereocenters. The van der Waals surface area contributed by atoms with Gasteiger partial charge in [-0.05, 0) is 17.7 Å². The Morgan fingerprint density at radius 1 is 1.13 bits per heavy atom. The Labute approximate surface area is 180 Å². The second-order valence-electron chi connectivity index (χ2n) is 6.06. The molecule has 1 aromatic heterocycles. The first-order valence-electron chi connectivity index (χ1n) is 8.45. The number of amides is 1. The Morgan fingerprint density at radius 3 is 2.53 bits per heavy atom. The number of halogens is 2. The number of thioether (sulfide) groups is 1. The van der Waals surface area contributed by atoms with E-state index in [-0.39, 0.29) is 10.8 Å². The number of nitrogens with one attached hydrogen (secondary N) is 1. The van der Waals surface area contributed by atoms with Crippen LogP contribution in [0.25, 0.3) is 0 Å². The molecule has 3 rings (SSSR count). The molecule has 2 aromatic carbocycles. The molecule has 3 aromatic rings. The highest BCUT2D eigenvalue weighted by atomic mass is 32.2. The molecule has 0 aliphatic heterocycles. The molecule has 0 saturated heterocycles. The van der Waals surface area contributed by atoms with E-state index in [4.69, 9.17) is 0 Å². The predicted octanol–water partition coefficient (Wildman–Crippen LogP) is 3.51. The third-order valence-corrected chi connectivity index (χ3v) is 6.92. The van der Waals surface area contributed by atoms with Gasteiger partial charge >= 0.3 is 0 Å². The molecule has 0 radical (unpaired) electrons. The maximum atomic E-state index is 13.5. The van der Waals surface area contributed by atoms with Gasteiger partial charge in [-0.15, -0.1) is 10.2 Å². The summed E-state index contributed by atoms with van der Waals surface area (Å²) in [6.07, 6.45) is 0.866. The minimum absolute atomic E-state index is 0.164. The van der Waals surface area contributed by atoms with Crippen LogP contribution in [0.3, 0.4) is 0 Å². The molecule has 0 aliphatic carbocycles. The molecule has 12 heteroatoms. The summed E-state index contributed by atoms with van der Waals surface area (Å²) in [6.45, 7) is -0.629. The van der Waals surface area contributed by atoms with Crippen LogP contribution in [0.4, 0.5) is 19.6 Å². The smallest absolute Gasteiger partial charge is 0.246 e. The third kappa shape index (κ3) is 5.97. The highest BCUT2D eigenvalue weighted by Crippen LogP contribution is 2.28. The summed E-state index contributed by atoms with van der Waals surface area (Å²) < 4.78 is 52.0. The molecule has 0 fully saturated rings. The zero-order valence-corrected chi connectivity index (χ0v) is 18.0. The minimum atomic E-state index is -3.92. The largest absolute Gasteiger partial charge is 0.299 e. The van der Waals surface area contributed by atoms with Gasteiger partial charge in [-0.25, -0.2) is 17.2 Å². The van der Waals surface area contributed by atoms with Gasteiger partial charge in [-0.1, -0.05) is 53.4 Å². The molecule has 1 amide bonds. The predicted molar refractivity (Wildman–Crippen MR) is 113 cm³/mol. The van der Waals surface area contributed by atoms with Gasteiger partial charge in [0.2, 0.25) is 21.1 Å². The summed E-state index contributed by atoms with van der Waals surface area (Å²) in [5.74, 6) is -2.35. The van der Waals surface area contributed by atoms with Crippen molar-refractivity contribution in [1.82, 2.24) is 10.2 Å². The fraction of sp³-hybridized carbons (Fsp3) is 0.167. The molecule has 1 heterocycles. The van der Waals surface area contributed by atoms with Crippen LogP contribution >= 0.6 is 23.1 Å². The lowest BCUT2D eigenvalue weighted by Crippen LogP contribution is -2.37. The number of rotatable bonds is 8. The van der Waals surface area contributed by atoms with Gasteiger partial charge in [-0.3, -0.25) is 14.4 Å². The van der Waals surface area contributed by atoms with Crippen LogP contribution < -0.4 is 9.62 Å². The lowest BCUT2D eigenvalue weighted by atomic mass is 10.2. The first-order chi connectivity index (χ1) is 14.2. The summed E-state index contributed by atoms with van der Waals surface area (Å²) in [4.78, 5) is 12.3. The number of carbonyl (C=O) groups is 1. The van der Waals surface area contributed by atoms with Crippen molar-refractivity contribution < 1.29 is 22.0 Å². The zero-order chi connectivity index (χ0) is 21.7. The Bertz CT molecular complexity index is 1140. The van der Waals surface area contributed by atoms with Crippen molar-refractivity contribution in [2.24, 2.45) is 0 Å². The van der Waals surface area contributed by atoms with E-state index in [1.807, 2.05) is 30.3 Å². The molecular formula is C18H16F2N4O3S3. The Kier molecular flexibility index (Phi) is 7.00. The Hall–Kier alpha value is -2.57. The molecule has 0 saturated carbocycles. The van der Waals surface area contributed by atoms with Crippen molar-refractivity contribution >= 4 is 49.8 Å². The van der Waals surface area contributed by atoms with E-state index in [0.717, 1.165) is 35.3 Å². The van der Waals surface area contributed by atoms with Crippen molar-refractivity contribution in [2.45, 2.75) is 10.1 Å². The Balaban J connectivity index is 1.64. The van der Waals surface area contributed by atoms with Crippen LogP contribution in [-0.4, -0.2) is 37.3 Å². The molecular weight excluding hydrogens is 454 g/mol. The molecule has 0 bridgehead atoms. The number of sulfonamides is 1. The average Bonchev–Trinajstić information content (AvgIpc) is 3.14. The topological polar surface area (TPSA) is 92.3 Å². The third-order valence-electron chi connectivity index (χ3n) is 3.74. The first kappa shape index (κ1) is 22.1. The van der Waals surface area contributed by atoms with Crippen LogP contribution in [0.1, 0.15) is 5.56 Å². The van der Waals surface area contributed by atoms with Crippen LogP contribution in [-0.2, 0) is 20.6 Å². The maximum Gasteiger partial charge on any atom is 0.246 e. The zero-order valence-electron chi connectivity index (χ0n) is 15.6. The second-order valence-corrected chi connectivity index (χ2v) is 10.2. The first-order valence-corrected chi connectivity index (χ1v) is 12.1. The van der Waals surface area contributed by atoms with Gasteiger partial charge < -0.3 is 0 Å². The maximum absolute atomic E-state index is 13.5. The van der Waals surface area contributed by atoms with Crippen LogP contribution in [0.2, 0.25) is 0 Å². The Morgan fingerprint density at radius 2 is 1.87 bits per heavy atom. The number of benzene rings is 2. The highest BCUT2D eigenvalue weighted by molar-refractivity contribution is 8.00. The van der Waals surface area contributed by atoms with Crippen molar-refractivity contribution in [3.05, 3.63) is 65.7 Å². The SMILES string of the molecule is CS(=O)(=O)N(CC(=O)Nc1nnc(SCc2ccccc2)s1)c1ccc(F)c(F)c1. The monoisotopic (exact) mass is 470 g/mol. The number of aromatic nitrogens is 2. The summed E-state index contributed by atoms with van der Waals surface area (Å²) in [5, 5.41) is 10.5. The summed E-state index contributed by atoms with van der Waals surface area (Å²) >= 11 is 2.60. The number of hydrogen-bond acceptors (Lipinski definition) is 7. The second kappa shape index (κ2) is 9.49. The average molecular weight is 471 g/mol. The van der Waals surface area contributed by atoms with Crippen LogP contribution in [0.15, 0.2) is 52.9 Å². The van der Waals surface area contributed by atoms with Gasteiger partial charge in [0, 0.05) is 11.8 Å². The fourth-order valence-electron chi connectivity index (χ4n) is 2.37. The van der Waals surface area contributed by atoms with Gasteiger partial charge in [0.1, 0.15) is 6.54 Å². The van der Waals surface area contributed by atoms with Crippen molar-refractivity contribution in [2.75, 3.05) is 22.4 Å². The molecule has 0 atom stereocenters. The van der Waals surface area contributed by atoms with E-state index in [1.165, 1.54) is 11.8 Å². The normalized spacial score (nSPS) is 11.3. The summed E-state index contributed by atoms with van der Waals surface area (Å²) in [7, 11) is -3.92. The van der Waals surface area contributed by atoms with Crippen molar-refractivity contribution in [1.29, 1.82) is 0 Å². The van der Waals surface area contributed by atoms with E-state index in [9.17, 15) is 22.0 Å². The van der Waals surface area contributed by atoms with Gasteiger partial charge in [-0.2, -0.15) is 0 Å². The van der Waals surface area contributed by atoms with Crippen LogP contribution in [0, 0.1) is 11.6 Å². The lowest BCUT2D eigenvalue weighted by molar-refractivity contribution is -0.114. The van der Waals surface area contributed by atoms with Gasteiger partial charge in [0.15, 0.2) is 16.0 Å². The quantitative estimate of drug-likeness (QED) is 0.400. The number of anilines is 2. The van der Waals surface area contributed by atoms with E-state index in [2.05, 4.69) is 15.5 Å². The van der Waals surface area contributed by atoms with E-state index in [0.29, 0.717) is 20.5 Å². The van der Waals surface area contributed by atoms with E-state index in [1.54, 1.807) is 0 Å². The van der Waals surface area contributed by atoms with Crippen molar-refractivity contribution in [3.8, 4) is 0 Å².